The second-order valence-corrected chi connectivity index (χ2v) is 8.49. The van der Waals surface area contributed by atoms with Crippen molar-refractivity contribution in [3.8, 4) is 22.5 Å². The van der Waals surface area contributed by atoms with Crippen LogP contribution in [0.5, 0.6) is 0 Å². The number of imidazole rings is 1. The molecule has 34 heavy (non-hydrogen) atoms. The third kappa shape index (κ3) is 2.72. The molecule has 0 bridgehead atoms. The zero-order valence-corrected chi connectivity index (χ0v) is 18.0. The quantitative estimate of drug-likeness (QED) is 0.334. The number of nitrogens with zero attached hydrogens (tertiary/aromatic N) is 2. The van der Waals surface area contributed by atoms with E-state index in [1.807, 2.05) is 54.7 Å². The van der Waals surface area contributed by atoms with Gasteiger partial charge in [-0.05, 0) is 46.5 Å². The molecule has 0 fully saturated rings. The van der Waals surface area contributed by atoms with Gasteiger partial charge in [-0.25, -0.2) is 4.98 Å². The fraction of sp³-hybridized carbons (Fsp3) is 0.0357. The molecule has 6 aromatic rings. The average Bonchev–Trinajstić information content (AvgIpc) is 3.60. The molecule has 0 saturated heterocycles. The molecule has 0 aliphatic heterocycles. The Morgan fingerprint density at radius 1 is 0.853 bits per heavy atom. The highest BCUT2D eigenvalue weighted by Gasteiger charge is 2.32. The van der Waals surface area contributed by atoms with Gasteiger partial charge in [0.05, 0.1) is 17.8 Å². The number of benzene rings is 3. The molecular weight excluding hydrogens is 422 g/mol. The van der Waals surface area contributed by atoms with Crippen molar-refractivity contribution in [2.45, 2.75) is 6.04 Å². The molecule has 1 unspecified atom stereocenters. The number of carbonyl (C=O) groups excluding carboxylic acids is 1. The number of pyridine rings is 1. The summed E-state index contributed by atoms with van der Waals surface area (Å²) in [5, 5.41) is 4.21. The Kier molecular flexibility index (Phi) is 3.96. The lowest BCUT2D eigenvalue weighted by atomic mass is 9.98. The van der Waals surface area contributed by atoms with Crippen LogP contribution in [0.25, 0.3) is 44.5 Å². The summed E-state index contributed by atoms with van der Waals surface area (Å²) < 4.78 is 0. The lowest BCUT2D eigenvalue weighted by molar-refractivity contribution is 0.0945. The average molecular weight is 441 g/mol. The van der Waals surface area contributed by atoms with Gasteiger partial charge >= 0.3 is 0 Å². The van der Waals surface area contributed by atoms with Gasteiger partial charge in [0.1, 0.15) is 11.3 Å². The molecule has 0 saturated carbocycles. The van der Waals surface area contributed by atoms with Gasteiger partial charge < -0.3 is 15.3 Å². The van der Waals surface area contributed by atoms with Crippen molar-refractivity contribution >= 4 is 27.8 Å². The standard InChI is InChI=1S/C28H19N5O/c34-28(19-7-4-10-22-16(19)11-14-30-22)33-26-18-6-2-1-5-17(18)25-20(26)8-3-9-21(25)27-31-23-12-13-29-15-24(23)32-27/h1-15,26,30H,(H,31,32)(H,33,34). The molecule has 1 aliphatic rings. The zero-order chi connectivity index (χ0) is 22.6. The van der Waals surface area contributed by atoms with Crippen LogP contribution < -0.4 is 5.32 Å². The molecule has 1 atom stereocenters. The van der Waals surface area contributed by atoms with Crippen molar-refractivity contribution in [3.05, 3.63) is 108 Å². The topological polar surface area (TPSA) is 86.5 Å². The van der Waals surface area contributed by atoms with Gasteiger partial charge in [0, 0.05) is 34.4 Å². The molecular formula is C28H19N5O. The summed E-state index contributed by atoms with van der Waals surface area (Å²) in [4.78, 5) is 29.0. The van der Waals surface area contributed by atoms with E-state index in [0.717, 1.165) is 55.6 Å². The summed E-state index contributed by atoms with van der Waals surface area (Å²) in [6.45, 7) is 0. The van der Waals surface area contributed by atoms with Gasteiger partial charge in [0.25, 0.3) is 5.91 Å². The summed E-state index contributed by atoms with van der Waals surface area (Å²) >= 11 is 0. The largest absolute Gasteiger partial charge is 0.361 e. The minimum absolute atomic E-state index is 0.0990. The van der Waals surface area contributed by atoms with E-state index in [1.54, 1.807) is 12.4 Å². The first-order valence-electron chi connectivity index (χ1n) is 11.2. The monoisotopic (exact) mass is 441 g/mol. The van der Waals surface area contributed by atoms with Gasteiger partial charge in [-0.2, -0.15) is 0 Å². The third-order valence-electron chi connectivity index (χ3n) is 6.60. The summed E-state index contributed by atoms with van der Waals surface area (Å²) in [6, 6.07) is 23.8. The Hall–Kier alpha value is -4.71. The number of carbonyl (C=O) groups is 1. The maximum absolute atomic E-state index is 13.5. The number of hydrogen-bond acceptors (Lipinski definition) is 3. The van der Waals surface area contributed by atoms with Crippen LogP contribution in [0.4, 0.5) is 0 Å². The molecule has 162 valence electrons. The highest BCUT2D eigenvalue weighted by atomic mass is 16.1. The zero-order valence-electron chi connectivity index (χ0n) is 18.0. The molecule has 6 nitrogen and oxygen atoms in total. The van der Waals surface area contributed by atoms with Gasteiger partial charge in [-0.3, -0.25) is 9.78 Å². The first-order valence-corrected chi connectivity index (χ1v) is 11.2. The number of fused-ring (bicyclic) bond motifs is 5. The van der Waals surface area contributed by atoms with E-state index >= 15 is 0 Å². The lowest BCUT2D eigenvalue weighted by Crippen LogP contribution is -2.28. The maximum atomic E-state index is 13.5. The first kappa shape index (κ1) is 18.8. The Morgan fingerprint density at radius 2 is 1.71 bits per heavy atom. The molecule has 6 heteroatoms. The molecule has 1 aliphatic carbocycles. The number of aromatic amines is 2. The second-order valence-electron chi connectivity index (χ2n) is 8.49. The van der Waals surface area contributed by atoms with E-state index in [2.05, 4.69) is 44.5 Å². The smallest absolute Gasteiger partial charge is 0.252 e. The predicted molar refractivity (Wildman–Crippen MR) is 132 cm³/mol. The minimum Gasteiger partial charge on any atom is -0.361 e. The highest BCUT2D eigenvalue weighted by molar-refractivity contribution is 6.07. The molecule has 1 amide bonds. The van der Waals surface area contributed by atoms with Crippen molar-refractivity contribution in [2.75, 3.05) is 0 Å². The number of H-pyrrole nitrogens is 2. The molecule has 0 spiro atoms. The fourth-order valence-electron chi connectivity index (χ4n) is 5.08. The lowest BCUT2D eigenvalue weighted by Gasteiger charge is -2.17. The van der Waals surface area contributed by atoms with E-state index in [9.17, 15) is 4.79 Å². The van der Waals surface area contributed by atoms with Crippen molar-refractivity contribution in [2.24, 2.45) is 0 Å². The number of rotatable bonds is 3. The van der Waals surface area contributed by atoms with Gasteiger partial charge in [-0.15, -0.1) is 0 Å². The third-order valence-corrected chi connectivity index (χ3v) is 6.60. The van der Waals surface area contributed by atoms with Crippen molar-refractivity contribution in [3.63, 3.8) is 0 Å². The Balaban J connectivity index is 1.36. The van der Waals surface area contributed by atoms with Crippen LogP contribution >= 0.6 is 0 Å². The van der Waals surface area contributed by atoms with Gasteiger partial charge in [0.15, 0.2) is 0 Å². The summed E-state index contributed by atoms with van der Waals surface area (Å²) in [7, 11) is 0. The van der Waals surface area contributed by atoms with Gasteiger partial charge in [-0.1, -0.05) is 48.5 Å². The van der Waals surface area contributed by atoms with Crippen molar-refractivity contribution in [1.82, 2.24) is 25.3 Å². The normalized spacial score (nSPS) is 14.3. The summed E-state index contributed by atoms with van der Waals surface area (Å²) in [5.74, 6) is 0.691. The second kappa shape index (κ2) is 7.15. The number of aromatic nitrogens is 4. The summed E-state index contributed by atoms with van der Waals surface area (Å²) in [6.07, 6.45) is 5.37. The molecule has 3 aromatic heterocycles. The van der Waals surface area contributed by atoms with Crippen LogP contribution in [-0.4, -0.2) is 25.8 Å². The Bertz CT molecular complexity index is 1690. The van der Waals surface area contributed by atoms with Crippen LogP contribution in [0, 0.1) is 0 Å². The van der Waals surface area contributed by atoms with Crippen molar-refractivity contribution in [1.29, 1.82) is 0 Å². The molecule has 3 aromatic carbocycles. The number of amides is 1. The van der Waals surface area contributed by atoms with Crippen LogP contribution in [-0.2, 0) is 0 Å². The molecule has 3 N–H and O–H groups in total. The van der Waals surface area contributed by atoms with Crippen LogP contribution in [0.2, 0.25) is 0 Å². The molecule has 7 rings (SSSR count). The highest BCUT2D eigenvalue weighted by Crippen LogP contribution is 2.47. The van der Waals surface area contributed by atoms with E-state index in [4.69, 9.17) is 4.98 Å². The summed E-state index contributed by atoms with van der Waals surface area (Å²) in [5.41, 5.74) is 8.72. The van der Waals surface area contributed by atoms with Gasteiger partial charge in [0.2, 0.25) is 0 Å². The van der Waals surface area contributed by atoms with E-state index in [0.29, 0.717) is 5.56 Å². The minimum atomic E-state index is -0.251. The van der Waals surface area contributed by atoms with Crippen LogP contribution in [0.15, 0.2) is 91.4 Å². The SMILES string of the molecule is O=C(NC1c2ccccc2-c2c(-c3nc4cnccc4[nH]3)cccc21)c1cccc2[nH]ccc12. The predicted octanol–water partition coefficient (Wildman–Crippen LogP) is 5.61. The Labute approximate surface area is 194 Å². The molecule has 3 heterocycles. The molecule has 0 radical (unpaired) electrons. The number of nitrogens with one attached hydrogen (secondary N) is 3. The number of hydrogen-bond donors (Lipinski definition) is 3. The van der Waals surface area contributed by atoms with Crippen LogP contribution in [0.1, 0.15) is 27.5 Å². The van der Waals surface area contributed by atoms with Crippen LogP contribution in [0.3, 0.4) is 0 Å². The van der Waals surface area contributed by atoms with E-state index in [-0.39, 0.29) is 11.9 Å². The fourth-order valence-corrected chi connectivity index (χ4v) is 5.08. The Morgan fingerprint density at radius 3 is 2.65 bits per heavy atom. The van der Waals surface area contributed by atoms with Crippen molar-refractivity contribution < 1.29 is 4.79 Å². The maximum Gasteiger partial charge on any atom is 0.252 e. The first-order chi connectivity index (χ1) is 16.8. The van der Waals surface area contributed by atoms with E-state index < -0.39 is 0 Å². The van der Waals surface area contributed by atoms with E-state index in [1.165, 1.54) is 0 Å².